The van der Waals surface area contributed by atoms with Crippen LogP contribution in [0.1, 0.15) is 29.9 Å². The standard InChI is InChI=1S/C25H28N2O12S2/c1-16-20-13-18(28)5-4-17(20)12-21(24(29)37-8-10-40(2,33)34)22(25(30)38-9-11-41(3,35)36)15-26(16)14-19-6-7-23(39-19)27(31)32/h4-7,12-13,15-16,28H,8-11,14H2,1-3H3. The number of phenolic OH excluding ortho intramolecular Hbond substituents is 1. The number of benzene rings is 1. The molecule has 1 aromatic carbocycles. The van der Waals surface area contributed by atoms with E-state index in [-0.39, 0.29) is 29.2 Å². The Hall–Kier alpha value is -4.18. The predicted molar refractivity (Wildman–Crippen MR) is 145 cm³/mol. The molecular formula is C25H28N2O12S2. The molecule has 1 atom stereocenters. The highest BCUT2D eigenvalue weighted by Gasteiger charge is 2.30. The van der Waals surface area contributed by atoms with Crippen molar-refractivity contribution in [3.05, 3.63) is 74.7 Å². The van der Waals surface area contributed by atoms with Crippen LogP contribution in [-0.2, 0) is 45.3 Å². The highest BCUT2D eigenvalue weighted by atomic mass is 32.2. The van der Waals surface area contributed by atoms with Gasteiger partial charge in [0, 0.05) is 18.7 Å². The maximum Gasteiger partial charge on any atom is 0.433 e. The Balaban J connectivity index is 2.12. The molecule has 0 radical (unpaired) electrons. The molecule has 14 nitrogen and oxygen atoms in total. The SMILES string of the molecule is CC1c2cc(O)ccc2C=C(C(=O)OCCS(C)(=O)=O)C(C(=O)OCCS(C)(=O)=O)=CN1Cc1ccc([N+](=O)[O-])o1. The third kappa shape index (κ3) is 8.91. The average Bonchev–Trinajstić information content (AvgIpc) is 3.32. The largest absolute Gasteiger partial charge is 0.508 e. The van der Waals surface area contributed by atoms with Gasteiger partial charge in [0.25, 0.3) is 0 Å². The van der Waals surface area contributed by atoms with E-state index in [1.54, 1.807) is 6.92 Å². The Bertz CT molecular complexity index is 1620. The van der Waals surface area contributed by atoms with E-state index in [0.717, 1.165) is 18.6 Å². The molecule has 16 heteroatoms. The van der Waals surface area contributed by atoms with Gasteiger partial charge < -0.3 is 23.9 Å². The lowest BCUT2D eigenvalue weighted by molar-refractivity contribution is -0.402. The van der Waals surface area contributed by atoms with Gasteiger partial charge in [0.05, 0.1) is 41.3 Å². The number of nitro groups is 1. The van der Waals surface area contributed by atoms with E-state index in [4.69, 9.17) is 13.9 Å². The van der Waals surface area contributed by atoms with Gasteiger partial charge in [-0.05, 0) is 42.3 Å². The van der Waals surface area contributed by atoms with Crippen molar-refractivity contribution < 1.29 is 50.3 Å². The van der Waals surface area contributed by atoms with Gasteiger partial charge in [-0.2, -0.15) is 0 Å². The first kappa shape index (κ1) is 31.3. The minimum Gasteiger partial charge on any atom is -0.508 e. The molecule has 222 valence electrons. The number of rotatable bonds is 11. The van der Waals surface area contributed by atoms with E-state index >= 15 is 0 Å². The zero-order chi connectivity index (χ0) is 30.5. The monoisotopic (exact) mass is 612 g/mol. The lowest BCUT2D eigenvalue weighted by Crippen LogP contribution is -2.28. The number of phenols is 1. The average molecular weight is 613 g/mol. The number of carbonyl (C=O) groups is 2. The Morgan fingerprint density at radius 2 is 1.59 bits per heavy atom. The summed E-state index contributed by atoms with van der Waals surface area (Å²) in [4.78, 5) is 38.4. The van der Waals surface area contributed by atoms with Gasteiger partial charge >= 0.3 is 17.8 Å². The molecule has 0 bridgehead atoms. The first-order chi connectivity index (χ1) is 19.0. The number of sulfone groups is 2. The first-order valence-corrected chi connectivity index (χ1v) is 16.1. The fourth-order valence-corrected chi connectivity index (χ4v) is 4.56. The second-order valence-corrected chi connectivity index (χ2v) is 13.8. The lowest BCUT2D eigenvalue weighted by Gasteiger charge is -2.31. The third-order valence-electron chi connectivity index (χ3n) is 5.88. The smallest absolute Gasteiger partial charge is 0.433 e. The van der Waals surface area contributed by atoms with Crippen LogP contribution in [0.2, 0.25) is 0 Å². The van der Waals surface area contributed by atoms with Gasteiger partial charge in [-0.1, -0.05) is 6.07 Å². The van der Waals surface area contributed by atoms with Gasteiger partial charge in [0.2, 0.25) is 0 Å². The molecule has 0 saturated carbocycles. The summed E-state index contributed by atoms with van der Waals surface area (Å²) in [7, 11) is -6.97. The number of hydrogen-bond acceptors (Lipinski definition) is 13. The summed E-state index contributed by atoms with van der Waals surface area (Å²) < 4.78 is 61.7. The Morgan fingerprint density at radius 3 is 2.12 bits per heavy atom. The number of carbonyl (C=O) groups excluding carboxylic acids is 2. The molecule has 1 aliphatic rings. The minimum atomic E-state index is -3.49. The molecule has 1 N–H and O–H groups in total. The van der Waals surface area contributed by atoms with Crippen LogP contribution >= 0.6 is 0 Å². The van der Waals surface area contributed by atoms with Crippen molar-refractivity contribution in [2.45, 2.75) is 19.5 Å². The van der Waals surface area contributed by atoms with Crippen LogP contribution in [0.5, 0.6) is 5.75 Å². The van der Waals surface area contributed by atoms with E-state index in [9.17, 15) is 41.6 Å². The first-order valence-electron chi connectivity index (χ1n) is 12.0. The molecule has 2 heterocycles. The van der Waals surface area contributed by atoms with E-state index in [2.05, 4.69) is 0 Å². The molecule has 1 aliphatic heterocycles. The number of hydrogen-bond donors (Lipinski definition) is 1. The summed E-state index contributed by atoms with van der Waals surface area (Å²) in [6.45, 7) is 0.544. The summed E-state index contributed by atoms with van der Waals surface area (Å²) in [5, 5.41) is 21.3. The van der Waals surface area contributed by atoms with Crippen molar-refractivity contribution in [1.82, 2.24) is 4.90 Å². The lowest BCUT2D eigenvalue weighted by atomic mass is 9.93. The topological polar surface area (TPSA) is 201 Å². The Kier molecular flexibility index (Phi) is 9.60. The van der Waals surface area contributed by atoms with Crippen molar-refractivity contribution in [2.24, 2.45) is 0 Å². The predicted octanol–water partition coefficient (Wildman–Crippen LogP) is 1.91. The number of furan rings is 1. The normalized spacial score (nSPS) is 15.6. The fraction of sp³-hybridized carbons (Fsp3) is 0.360. The highest BCUT2D eigenvalue weighted by molar-refractivity contribution is 7.90. The third-order valence-corrected chi connectivity index (χ3v) is 7.70. The van der Waals surface area contributed by atoms with Crippen LogP contribution < -0.4 is 0 Å². The Labute approximate surface area is 235 Å². The maximum atomic E-state index is 13.3. The minimum absolute atomic E-state index is 0.0974. The van der Waals surface area contributed by atoms with Crippen molar-refractivity contribution in [2.75, 3.05) is 37.2 Å². The molecule has 0 aliphatic carbocycles. The summed E-state index contributed by atoms with van der Waals surface area (Å²) in [6, 6.07) is 6.17. The van der Waals surface area contributed by atoms with E-state index < -0.39 is 73.2 Å². The molecule has 1 aromatic heterocycles. The molecule has 0 spiro atoms. The van der Waals surface area contributed by atoms with Gasteiger partial charge in [-0.25, -0.2) is 26.4 Å². The van der Waals surface area contributed by atoms with Crippen molar-refractivity contribution in [3.63, 3.8) is 0 Å². The van der Waals surface area contributed by atoms with Crippen LogP contribution in [-0.4, -0.2) is 80.9 Å². The number of esters is 2. The molecule has 1 unspecified atom stereocenters. The fourth-order valence-electron chi connectivity index (χ4n) is 3.79. The number of nitrogens with zero attached hydrogens (tertiary/aromatic N) is 2. The number of aromatic hydroxyl groups is 1. The summed E-state index contributed by atoms with van der Waals surface area (Å²) in [5.74, 6) is -3.59. The van der Waals surface area contributed by atoms with E-state index in [1.807, 2.05) is 0 Å². The number of fused-ring (bicyclic) bond motifs is 1. The molecule has 0 saturated heterocycles. The molecule has 0 amide bonds. The van der Waals surface area contributed by atoms with Crippen LogP contribution in [0.15, 0.2) is 52.1 Å². The van der Waals surface area contributed by atoms with Crippen LogP contribution in [0.25, 0.3) is 6.08 Å². The summed E-state index contributed by atoms with van der Waals surface area (Å²) >= 11 is 0. The quantitative estimate of drug-likeness (QED) is 0.219. The van der Waals surface area contributed by atoms with Gasteiger partial charge in [0.15, 0.2) is 19.7 Å². The molecular weight excluding hydrogens is 584 g/mol. The van der Waals surface area contributed by atoms with E-state index in [1.165, 1.54) is 41.4 Å². The van der Waals surface area contributed by atoms with Crippen molar-refractivity contribution in [1.29, 1.82) is 0 Å². The van der Waals surface area contributed by atoms with Crippen LogP contribution in [0, 0.1) is 10.1 Å². The van der Waals surface area contributed by atoms with Crippen molar-refractivity contribution in [3.8, 4) is 5.75 Å². The maximum absolute atomic E-state index is 13.3. The van der Waals surface area contributed by atoms with Crippen LogP contribution in [0.3, 0.4) is 0 Å². The van der Waals surface area contributed by atoms with Gasteiger partial charge in [-0.15, -0.1) is 0 Å². The van der Waals surface area contributed by atoms with Gasteiger partial charge in [0.1, 0.15) is 29.6 Å². The van der Waals surface area contributed by atoms with Crippen LogP contribution in [0.4, 0.5) is 5.88 Å². The Morgan fingerprint density at radius 1 is 1.00 bits per heavy atom. The zero-order valence-corrected chi connectivity index (χ0v) is 23.9. The highest BCUT2D eigenvalue weighted by Crippen LogP contribution is 2.35. The van der Waals surface area contributed by atoms with Gasteiger partial charge in [-0.3, -0.25) is 10.1 Å². The van der Waals surface area contributed by atoms with Crippen molar-refractivity contribution >= 4 is 43.6 Å². The summed E-state index contributed by atoms with van der Waals surface area (Å²) in [6.07, 6.45) is 4.46. The molecule has 2 aromatic rings. The van der Waals surface area contributed by atoms with E-state index in [0.29, 0.717) is 11.1 Å². The summed E-state index contributed by atoms with van der Waals surface area (Å²) in [5.41, 5.74) is 0.190. The second kappa shape index (κ2) is 12.6. The second-order valence-electron chi connectivity index (χ2n) is 9.29. The zero-order valence-electron chi connectivity index (χ0n) is 22.3. The molecule has 3 rings (SSSR count). The number of ether oxygens (including phenoxy) is 2. The molecule has 41 heavy (non-hydrogen) atoms. The molecule has 0 fully saturated rings.